The van der Waals surface area contributed by atoms with E-state index in [0.29, 0.717) is 25.3 Å². The van der Waals surface area contributed by atoms with Crippen molar-refractivity contribution >= 4 is 0 Å². The van der Waals surface area contributed by atoms with Crippen LogP contribution in [-0.4, -0.2) is 57.9 Å². The van der Waals surface area contributed by atoms with E-state index in [1.807, 2.05) is 0 Å². The lowest BCUT2D eigenvalue weighted by Gasteiger charge is -2.13. The van der Waals surface area contributed by atoms with E-state index in [4.69, 9.17) is 9.47 Å². The van der Waals surface area contributed by atoms with Gasteiger partial charge in [0.25, 0.3) is 0 Å². The fourth-order valence-electron chi connectivity index (χ4n) is 1.64. The van der Waals surface area contributed by atoms with Crippen LogP contribution in [-0.2, 0) is 9.47 Å². The normalized spacial score (nSPS) is 13.4. The molecule has 0 heterocycles. The molecule has 0 amide bonds. The number of aliphatic hydroxyl groups is 1. The third-order valence-corrected chi connectivity index (χ3v) is 2.83. The largest absolute Gasteiger partial charge is 0.387 e. The molecule has 0 aromatic carbocycles. The van der Waals surface area contributed by atoms with E-state index in [-0.39, 0.29) is 0 Å². The number of methoxy groups -OCH3 is 1. The first kappa shape index (κ1) is 19.2. The Hall–Kier alpha value is -0.750. The summed E-state index contributed by atoms with van der Waals surface area (Å²) in [5.74, 6) is 0. The number of hydrogen-bond acceptors (Lipinski definition) is 4. The van der Waals surface area contributed by atoms with Crippen LogP contribution in [0.25, 0.3) is 0 Å². The van der Waals surface area contributed by atoms with Crippen LogP contribution in [0, 0.1) is 0 Å². The highest BCUT2D eigenvalue weighted by molar-refractivity contribution is 5.15. The average Bonchev–Trinajstić information content (AvgIpc) is 2.46. The Balaban J connectivity index is 3.39. The van der Waals surface area contributed by atoms with Crippen molar-refractivity contribution in [2.45, 2.75) is 25.4 Å². The van der Waals surface area contributed by atoms with E-state index in [1.54, 1.807) is 7.11 Å². The smallest absolute Gasteiger partial charge is 0.113 e. The van der Waals surface area contributed by atoms with Gasteiger partial charge in [-0.3, -0.25) is 0 Å². The van der Waals surface area contributed by atoms with Crippen molar-refractivity contribution < 1.29 is 19.0 Å². The van der Waals surface area contributed by atoms with Crippen molar-refractivity contribution in [2.24, 2.45) is 0 Å². The topological polar surface area (TPSA) is 50.7 Å². The molecule has 118 valence electrons. The Morgan fingerprint density at radius 3 is 2.75 bits per heavy atom. The van der Waals surface area contributed by atoms with Crippen LogP contribution in [0.3, 0.4) is 0 Å². The van der Waals surface area contributed by atoms with Gasteiger partial charge >= 0.3 is 0 Å². The summed E-state index contributed by atoms with van der Waals surface area (Å²) in [5.41, 5.74) is 0.360. The van der Waals surface area contributed by atoms with Crippen LogP contribution in [0.5, 0.6) is 0 Å². The maximum Gasteiger partial charge on any atom is 0.113 e. The van der Waals surface area contributed by atoms with Gasteiger partial charge in [-0.15, -0.1) is 0 Å². The number of alkyl halides is 1. The van der Waals surface area contributed by atoms with E-state index in [2.05, 4.69) is 11.9 Å². The standard InChI is InChI=1S/C15H28FNO3/c1-3-7-14(12-16)15(18)13-17-8-5-4-6-9-20-11-10-19-2/h3,7,15,17-18H,1,4-6,8-13H2,2H3/b14-7+. The second kappa shape index (κ2) is 14.7. The molecule has 20 heavy (non-hydrogen) atoms. The van der Waals surface area contributed by atoms with Gasteiger partial charge in [0.15, 0.2) is 0 Å². The van der Waals surface area contributed by atoms with Crippen molar-refractivity contribution in [1.29, 1.82) is 0 Å². The van der Waals surface area contributed by atoms with E-state index >= 15 is 0 Å². The Labute approximate surface area is 121 Å². The molecule has 0 rings (SSSR count). The van der Waals surface area contributed by atoms with Gasteiger partial charge in [-0.05, 0) is 31.4 Å². The summed E-state index contributed by atoms with van der Waals surface area (Å²) in [7, 11) is 1.65. The van der Waals surface area contributed by atoms with Crippen LogP contribution < -0.4 is 5.32 Å². The molecular formula is C15H28FNO3. The Morgan fingerprint density at radius 1 is 1.30 bits per heavy atom. The van der Waals surface area contributed by atoms with Gasteiger partial charge in [0.1, 0.15) is 6.67 Å². The molecule has 5 heteroatoms. The maximum atomic E-state index is 12.6. The molecule has 1 atom stereocenters. The molecule has 0 fully saturated rings. The zero-order valence-electron chi connectivity index (χ0n) is 12.4. The Kier molecular flexibility index (Phi) is 14.1. The number of halogens is 1. The minimum Gasteiger partial charge on any atom is -0.387 e. The minimum atomic E-state index is -0.782. The van der Waals surface area contributed by atoms with Crippen molar-refractivity contribution in [3.63, 3.8) is 0 Å². The van der Waals surface area contributed by atoms with Crippen LogP contribution >= 0.6 is 0 Å². The van der Waals surface area contributed by atoms with Crippen molar-refractivity contribution in [2.75, 3.05) is 46.7 Å². The quantitative estimate of drug-likeness (QED) is 0.378. The molecule has 0 aliphatic rings. The van der Waals surface area contributed by atoms with Gasteiger partial charge in [0.05, 0.1) is 19.3 Å². The Bertz CT molecular complexity index is 260. The number of rotatable bonds is 14. The molecule has 0 aromatic heterocycles. The highest BCUT2D eigenvalue weighted by Crippen LogP contribution is 2.03. The molecule has 0 bridgehead atoms. The number of aliphatic hydroxyl groups excluding tert-OH is 1. The zero-order chi connectivity index (χ0) is 15.1. The van der Waals surface area contributed by atoms with E-state index < -0.39 is 12.8 Å². The van der Waals surface area contributed by atoms with Gasteiger partial charge in [0.2, 0.25) is 0 Å². The zero-order valence-corrected chi connectivity index (χ0v) is 12.4. The van der Waals surface area contributed by atoms with E-state index in [9.17, 15) is 9.50 Å². The summed E-state index contributed by atoms with van der Waals surface area (Å²) >= 11 is 0. The molecule has 2 N–H and O–H groups in total. The van der Waals surface area contributed by atoms with Crippen molar-refractivity contribution in [1.82, 2.24) is 5.32 Å². The minimum absolute atomic E-state index is 0.360. The third kappa shape index (κ3) is 11.1. The van der Waals surface area contributed by atoms with Crippen molar-refractivity contribution in [3.05, 3.63) is 24.3 Å². The average molecular weight is 289 g/mol. The molecule has 0 radical (unpaired) electrons. The van der Waals surface area contributed by atoms with Crippen LogP contribution in [0.4, 0.5) is 4.39 Å². The third-order valence-electron chi connectivity index (χ3n) is 2.83. The molecular weight excluding hydrogens is 261 g/mol. The lowest BCUT2D eigenvalue weighted by Crippen LogP contribution is -2.29. The summed E-state index contributed by atoms with van der Waals surface area (Å²) in [6, 6.07) is 0. The first-order valence-electron chi connectivity index (χ1n) is 7.09. The molecule has 0 spiro atoms. The summed E-state index contributed by atoms with van der Waals surface area (Å²) in [6.45, 7) is 6.05. The molecule has 0 aromatic rings. The molecule has 4 nitrogen and oxygen atoms in total. The Morgan fingerprint density at radius 2 is 2.10 bits per heavy atom. The molecule has 0 aliphatic carbocycles. The number of nitrogens with one attached hydrogen (secondary N) is 1. The second-order valence-electron chi connectivity index (χ2n) is 4.50. The van der Waals surface area contributed by atoms with Gasteiger partial charge in [0, 0.05) is 20.3 Å². The van der Waals surface area contributed by atoms with Gasteiger partial charge in [-0.2, -0.15) is 0 Å². The lowest BCUT2D eigenvalue weighted by molar-refractivity contribution is 0.0686. The summed E-state index contributed by atoms with van der Waals surface area (Å²) in [5, 5.41) is 12.8. The SMILES string of the molecule is C=C/C=C(\CF)C(O)CNCCCCCOCCOC. The number of hydrogen-bond donors (Lipinski definition) is 2. The summed E-state index contributed by atoms with van der Waals surface area (Å²) in [4.78, 5) is 0. The van der Waals surface area contributed by atoms with Crippen LogP contribution in [0.1, 0.15) is 19.3 Å². The van der Waals surface area contributed by atoms with E-state index in [0.717, 1.165) is 32.4 Å². The van der Waals surface area contributed by atoms with Gasteiger partial charge in [-0.1, -0.05) is 18.7 Å². The summed E-state index contributed by atoms with van der Waals surface area (Å²) < 4.78 is 22.8. The first-order valence-corrected chi connectivity index (χ1v) is 7.09. The fraction of sp³-hybridized carbons (Fsp3) is 0.733. The van der Waals surface area contributed by atoms with E-state index in [1.165, 1.54) is 12.2 Å². The molecule has 0 aliphatic heterocycles. The predicted molar refractivity (Wildman–Crippen MR) is 79.7 cm³/mol. The lowest BCUT2D eigenvalue weighted by atomic mass is 10.1. The first-order chi connectivity index (χ1) is 9.76. The van der Waals surface area contributed by atoms with Gasteiger partial charge < -0.3 is 19.9 Å². The number of allylic oxidation sites excluding steroid dienone is 2. The molecule has 0 saturated carbocycles. The van der Waals surface area contributed by atoms with Crippen LogP contribution in [0.15, 0.2) is 24.3 Å². The molecule has 0 saturated heterocycles. The fourth-order valence-corrected chi connectivity index (χ4v) is 1.64. The maximum absolute atomic E-state index is 12.6. The number of unbranched alkanes of at least 4 members (excludes halogenated alkanes) is 2. The van der Waals surface area contributed by atoms with Gasteiger partial charge in [-0.25, -0.2) is 4.39 Å². The predicted octanol–water partition coefficient (Wildman–Crippen LogP) is 1.85. The monoisotopic (exact) mass is 289 g/mol. The highest BCUT2D eigenvalue weighted by Gasteiger charge is 2.08. The number of ether oxygens (including phenoxy) is 2. The summed E-state index contributed by atoms with van der Waals surface area (Å²) in [6.07, 6.45) is 5.31. The second-order valence-corrected chi connectivity index (χ2v) is 4.50. The van der Waals surface area contributed by atoms with Crippen LogP contribution in [0.2, 0.25) is 0 Å². The highest BCUT2D eigenvalue weighted by atomic mass is 19.1. The molecule has 1 unspecified atom stereocenters. The van der Waals surface area contributed by atoms with Crippen molar-refractivity contribution in [3.8, 4) is 0 Å².